The Bertz CT molecular complexity index is 961. The summed E-state index contributed by atoms with van der Waals surface area (Å²) in [5, 5.41) is 9.99. The van der Waals surface area contributed by atoms with Crippen molar-refractivity contribution in [1.29, 1.82) is 0 Å². The number of hydrogen-bond acceptors (Lipinski definition) is 6. The number of nitrogens with zero attached hydrogens (tertiary/aromatic N) is 3. The molecule has 4 rings (SSSR count). The highest BCUT2D eigenvalue weighted by atomic mass is 16.5. The first kappa shape index (κ1) is 28.1. The topological polar surface area (TPSA) is 69.4 Å². The van der Waals surface area contributed by atoms with Gasteiger partial charge < -0.3 is 29.0 Å². The molecule has 37 heavy (non-hydrogen) atoms. The summed E-state index contributed by atoms with van der Waals surface area (Å²) in [5.74, 6) is 0.951. The largest absolute Gasteiger partial charge is 0.460 e. The Hall–Kier alpha value is -1.93. The Kier molecular flexibility index (Phi) is 10.8. The van der Waals surface area contributed by atoms with Crippen LogP contribution in [0.5, 0.6) is 0 Å². The molecule has 1 amide bonds. The van der Waals surface area contributed by atoms with Crippen molar-refractivity contribution in [1.82, 2.24) is 14.7 Å². The summed E-state index contributed by atoms with van der Waals surface area (Å²) in [6.07, 6.45) is 9.30. The SMILES string of the molecule is CCCCc1oc2ccccc2c1C(=O)N1CCC(OCCCN2CCC(N(C)CCCO)CC2)CC1. The lowest BCUT2D eigenvalue weighted by Gasteiger charge is -2.37. The van der Waals surface area contributed by atoms with Gasteiger partial charge in [0, 0.05) is 57.2 Å². The van der Waals surface area contributed by atoms with E-state index in [4.69, 9.17) is 14.3 Å². The molecule has 0 saturated carbocycles. The van der Waals surface area contributed by atoms with E-state index >= 15 is 0 Å². The summed E-state index contributed by atoms with van der Waals surface area (Å²) in [6, 6.07) is 8.57. The standard InChI is InChI=1S/C30H47N3O4/c1-3-4-10-28-29(26-9-5-6-11-27(26)37-28)30(35)33-20-14-25(15-21-33)36-23-8-17-32-18-12-24(13-19-32)31(2)16-7-22-34/h5-6,9,11,24-25,34H,3-4,7-8,10,12-23H2,1-2H3. The van der Waals surface area contributed by atoms with Crippen LogP contribution in [0.2, 0.25) is 0 Å². The summed E-state index contributed by atoms with van der Waals surface area (Å²) < 4.78 is 12.3. The Morgan fingerprint density at radius 3 is 2.57 bits per heavy atom. The molecule has 0 radical (unpaired) electrons. The van der Waals surface area contributed by atoms with Crippen LogP contribution in [0.25, 0.3) is 11.0 Å². The first-order valence-electron chi connectivity index (χ1n) is 14.6. The van der Waals surface area contributed by atoms with Gasteiger partial charge in [0.05, 0.1) is 11.7 Å². The monoisotopic (exact) mass is 513 g/mol. The minimum absolute atomic E-state index is 0.111. The first-order valence-corrected chi connectivity index (χ1v) is 14.6. The highest BCUT2D eigenvalue weighted by Gasteiger charge is 2.29. The van der Waals surface area contributed by atoms with Gasteiger partial charge in [-0.05, 0) is 71.1 Å². The maximum atomic E-state index is 13.5. The number of carbonyl (C=O) groups is 1. The van der Waals surface area contributed by atoms with Gasteiger partial charge in [-0.3, -0.25) is 4.79 Å². The van der Waals surface area contributed by atoms with Crippen LogP contribution >= 0.6 is 0 Å². The van der Waals surface area contributed by atoms with E-state index in [1.807, 2.05) is 29.2 Å². The molecule has 1 aromatic heterocycles. The van der Waals surface area contributed by atoms with Gasteiger partial charge in [-0.1, -0.05) is 31.5 Å². The molecule has 3 heterocycles. The lowest BCUT2D eigenvalue weighted by atomic mass is 10.0. The molecule has 1 aromatic carbocycles. The highest BCUT2D eigenvalue weighted by Crippen LogP contribution is 2.29. The van der Waals surface area contributed by atoms with Crippen molar-refractivity contribution in [2.45, 2.75) is 76.9 Å². The molecular weight excluding hydrogens is 466 g/mol. The summed E-state index contributed by atoms with van der Waals surface area (Å²) >= 11 is 0. The molecule has 0 atom stereocenters. The van der Waals surface area contributed by atoms with E-state index < -0.39 is 0 Å². The Morgan fingerprint density at radius 2 is 1.84 bits per heavy atom. The van der Waals surface area contributed by atoms with E-state index in [9.17, 15) is 4.79 Å². The molecule has 0 unspecified atom stereocenters. The number of piperidine rings is 2. The molecule has 7 nitrogen and oxygen atoms in total. The molecule has 0 spiro atoms. The molecule has 0 aliphatic carbocycles. The molecule has 2 fully saturated rings. The van der Waals surface area contributed by atoms with E-state index in [0.29, 0.717) is 6.04 Å². The van der Waals surface area contributed by atoms with Crippen molar-refractivity contribution >= 4 is 16.9 Å². The number of ether oxygens (including phenoxy) is 1. The minimum Gasteiger partial charge on any atom is -0.460 e. The zero-order valence-electron chi connectivity index (χ0n) is 23.0. The highest BCUT2D eigenvalue weighted by molar-refractivity contribution is 6.07. The number of likely N-dealkylation sites (tertiary alicyclic amines) is 2. The number of aliphatic hydroxyl groups excluding tert-OH is 1. The van der Waals surface area contributed by atoms with Crippen LogP contribution < -0.4 is 0 Å². The van der Waals surface area contributed by atoms with Crippen molar-refractivity contribution in [2.24, 2.45) is 0 Å². The molecular formula is C30H47N3O4. The quantitative estimate of drug-likeness (QED) is 0.396. The van der Waals surface area contributed by atoms with Crippen LogP contribution in [0.15, 0.2) is 28.7 Å². The summed E-state index contributed by atoms with van der Waals surface area (Å²) in [5.41, 5.74) is 1.58. The number of furan rings is 1. The van der Waals surface area contributed by atoms with Gasteiger partial charge in [-0.2, -0.15) is 0 Å². The van der Waals surface area contributed by atoms with Gasteiger partial charge in [-0.25, -0.2) is 0 Å². The van der Waals surface area contributed by atoms with Crippen LogP contribution in [-0.4, -0.2) is 97.4 Å². The number of carbonyl (C=O) groups excluding carboxylic acids is 1. The zero-order chi connectivity index (χ0) is 26.0. The number of amides is 1. The van der Waals surface area contributed by atoms with Crippen molar-refractivity contribution < 1.29 is 19.1 Å². The second-order valence-electron chi connectivity index (χ2n) is 10.8. The zero-order valence-corrected chi connectivity index (χ0v) is 23.0. The van der Waals surface area contributed by atoms with Gasteiger partial charge in [0.2, 0.25) is 0 Å². The van der Waals surface area contributed by atoms with Gasteiger partial charge in [-0.15, -0.1) is 0 Å². The van der Waals surface area contributed by atoms with Crippen molar-refractivity contribution in [2.75, 3.05) is 59.5 Å². The lowest BCUT2D eigenvalue weighted by molar-refractivity contribution is 0.00421. The molecule has 2 aliphatic heterocycles. The van der Waals surface area contributed by atoms with Crippen LogP contribution in [0.1, 0.15) is 74.4 Å². The van der Waals surface area contributed by atoms with Gasteiger partial charge in [0.15, 0.2) is 0 Å². The third kappa shape index (κ3) is 7.56. The molecule has 2 aliphatic rings. The number of hydrogen-bond donors (Lipinski definition) is 1. The van der Waals surface area contributed by atoms with Gasteiger partial charge in [0.1, 0.15) is 11.3 Å². The maximum absolute atomic E-state index is 13.5. The van der Waals surface area contributed by atoms with E-state index in [2.05, 4.69) is 23.8 Å². The van der Waals surface area contributed by atoms with Crippen molar-refractivity contribution in [3.63, 3.8) is 0 Å². The predicted molar refractivity (Wildman–Crippen MR) is 148 cm³/mol. The fourth-order valence-electron chi connectivity index (χ4n) is 5.85. The average Bonchev–Trinajstić information content (AvgIpc) is 3.31. The second-order valence-corrected chi connectivity index (χ2v) is 10.8. The van der Waals surface area contributed by atoms with Crippen molar-refractivity contribution in [3.05, 3.63) is 35.6 Å². The molecule has 2 saturated heterocycles. The van der Waals surface area contributed by atoms with Crippen LogP contribution in [-0.2, 0) is 11.2 Å². The molecule has 0 bridgehead atoms. The Labute approximate surface area is 222 Å². The number of rotatable bonds is 13. The number of para-hydroxylation sites is 1. The third-order valence-electron chi connectivity index (χ3n) is 8.19. The fourth-order valence-corrected chi connectivity index (χ4v) is 5.85. The number of benzene rings is 1. The number of fused-ring (bicyclic) bond motifs is 1. The van der Waals surface area contributed by atoms with E-state index in [1.165, 1.54) is 12.8 Å². The Balaban J connectivity index is 1.17. The van der Waals surface area contributed by atoms with Crippen LogP contribution in [0.3, 0.4) is 0 Å². The minimum atomic E-state index is 0.111. The smallest absolute Gasteiger partial charge is 0.258 e. The Morgan fingerprint density at radius 1 is 1.08 bits per heavy atom. The number of aryl methyl sites for hydroxylation is 1. The molecule has 2 aromatic rings. The molecule has 1 N–H and O–H groups in total. The lowest BCUT2D eigenvalue weighted by Crippen LogP contribution is -2.44. The predicted octanol–water partition coefficient (Wildman–Crippen LogP) is 4.57. The molecule has 7 heteroatoms. The summed E-state index contributed by atoms with van der Waals surface area (Å²) in [7, 11) is 2.19. The average molecular weight is 514 g/mol. The summed E-state index contributed by atoms with van der Waals surface area (Å²) in [6.45, 7) is 9.10. The van der Waals surface area contributed by atoms with Crippen LogP contribution in [0.4, 0.5) is 0 Å². The second kappa shape index (κ2) is 14.3. The first-order chi connectivity index (χ1) is 18.1. The van der Waals surface area contributed by atoms with Gasteiger partial charge >= 0.3 is 0 Å². The normalized spacial score (nSPS) is 18.3. The van der Waals surface area contributed by atoms with Crippen LogP contribution in [0, 0.1) is 0 Å². The maximum Gasteiger partial charge on any atom is 0.258 e. The van der Waals surface area contributed by atoms with E-state index in [0.717, 1.165) is 113 Å². The third-order valence-corrected chi connectivity index (χ3v) is 8.19. The van der Waals surface area contributed by atoms with Crippen molar-refractivity contribution in [3.8, 4) is 0 Å². The summed E-state index contributed by atoms with van der Waals surface area (Å²) in [4.78, 5) is 20.5. The van der Waals surface area contributed by atoms with E-state index in [-0.39, 0.29) is 18.6 Å². The molecule has 206 valence electrons. The van der Waals surface area contributed by atoms with Gasteiger partial charge in [0.25, 0.3) is 5.91 Å². The fraction of sp³-hybridized carbons (Fsp3) is 0.700. The number of unbranched alkanes of at least 4 members (excludes halogenated alkanes) is 1. The number of aliphatic hydroxyl groups is 1. The van der Waals surface area contributed by atoms with E-state index in [1.54, 1.807) is 0 Å².